The fourth-order valence-electron chi connectivity index (χ4n) is 2.01. The van der Waals surface area contributed by atoms with Gasteiger partial charge in [-0.25, -0.2) is 4.39 Å². The zero-order valence-corrected chi connectivity index (χ0v) is 13.0. The summed E-state index contributed by atoms with van der Waals surface area (Å²) in [6, 6.07) is 10.3. The Morgan fingerprint density at radius 2 is 1.71 bits per heavy atom. The molecule has 0 aliphatic carbocycles. The van der Waals surface area contributed by atoms with E-state index in [9.17, 15) is 4.39 Å². The van der Waals surface area contributed by atoms with Gasteiger partial charge in [-0.3, -0.25) is 0 Å². The van der Waals surface area contributed by atoms with Crippen molar-refractivity contribution in [1.82, 2.24) is 5.32 Å². The van der Waals surface area contributed by atoms with E-state index < -0.39 is 5.82 Å². The molecular formula is C16H16Cl2FNO. The van der Waals surface area contributed by atoms with Crippen molar-refractivity contribution < 1.29 is 9.50 Å². The van der Waals surface area contributed by atoms with Crippen molar-refractivity contribution in [3.63, 3.8) is 0 Å². The van der Waals surface area contributed by atoms with Crippen LogP contribution in [-0.4, -0.2) is 5.11 Å². The highest BCUT2D eigenvalue weighted by molar-refractivity contribution is 6.35. The van der Waals surface area contributed by atoms with Gasteiger partial charge in [0.2, 0.25) is 0 Å². The van der Waals surface area contributed by atoms with Crippen molar-refractivity contribution in [2.24, 2.45) is 0 Å². The molecule has 2 aromatic rings. The molecule has 0 bridgehead atoms. The lowest BCUT2D eigenvalue weighted by Crippen LogP contribution is -2.18. The molecule has 0 saturated heterocycles. The molecule has 2 aromatic carbocycles. The summed E-state index contributed by atoms with van der Waals surface area (Å²) < 4.78 is 13.5. The van der Waals surface area contributed by atoms with E-state index in [-0.39, 0.29) is 17.7 Å². The molecule has 5 heteroatoms. The van der Waals surface area contributed by atoms with Crippen LogP contribution in [0.4, 0.5) is 4.39 Å². The Bertz CT molecular complexity index is 616. The van der Waals surface area contributed by atoms with E-state index in [1.165, 1.54) is 12.1 Å². The molecule has 0 amide bonds. The molecule has 0 spiro atoms. The third kappa shape index (κ3) is 4.17. The standard InChI is InChI=1S/C16H16Cl2FNO/c1-10(13-6-16(19)15(18)7-14(13)17)20-8-11-2-4-12(9-21)5-3-11/h2-7,10,20-21H,8-9H2,1H3. The topological polar surface area (TPSA) is 32.3 Å². The summed E-state index contributed by atoms with van der Waals surface area (Å²) in [4.78, 5) is 0. The van der Waals surface area contributed by atoms with Crippen LogP contribution in [0.3, 0.4) is 0 Å². The van der Waals surface area contributed by atoms with Crippen LogP contribution in [0.1, 0.15) is 29.7 Å². The number of hydrogen-bond donors (Lipinski definition) is 2. The first-order valence-electron chi connectivity index (χ1n) is 6.57. The number of halogens is 3. The summed E-state index contributed by atoms with van der Waals surface area (Å²) in [7, 11) is 0. The molecule has 2 N–H and O–H groups in total. The monoisotopic (exact) mass is 327 g/mol. The Kier molecular flexibility index (Phi) is 5.59. The lowest BCUT2D eigenvalue weighted by Gasteiger charge is -2.16. The average Bonchev–Trinajstić information content (AvgIpc) is 2.49. The zero-order chi connectivity index (χ0) is 15.4. The third-order valence-corrected chi connectivity index (χ3v) is 3.94. The summed E-state index contributed by atoms with van der Waals surface area (Å²) in [5.74, 6) is -0.475. The highest BCUT2D eigenvalue weighted by atomic mass is 35.5. The summed E-state index contributed by atoms with van der Waals surface area (Å²) >= 11 is 11.8. The van der Waals surface area contributed by atoms with Crippen LogP contribution in [0.25, 0.3) is 0 Å². The van der Waals surface area contributed by atoms with Crippen LogP contribution >= 0.6 is 23.2 Å². The second kappa shape index (κ2) is 7.23. The fraction of sp³-hybridized carbons (Fsp3) is 0.250. The van der Waals surface area contributed by atoms with E-state index in [1.54, 1.807) is 0 Å². The Labute approximate surface area is 133 Å². The number of nitrogens with one attached hydrogen (secondary N) is 1. The minimum Gasteiger partial charge on any atom is -0.392 e. The van der Waals surface area contributed by atoms with Gasteiger partial charge in [-0.15, -0.1) is 0 Å². The molecule has 0 heterocycles. The van der Waals surface area contributed by atoms with Crippen LogP contribution in [-0.2, 0) is 13.2 Å². The average molecular weight is 328 g/mol. The van der Waals surface area contributed by atoms with Crippen LogP contribution in [0, 0.1) is 5.82 Å². The maximum absolute atomic E-state index is 13.5. The smallest absolute Gasteiger partial charge is 0.142 e. The van der Waals surface area contributed by atoms with E-state index >= 15 is 0 Å². The summed E-state index contributed by atoms with van der Waals surface area (Å²) in [5, 5.41) is 12.7. The molecule has 0 saturated carbocycles. The van der Waals surface area contributed by atoms with Crippen LogP contribution in [0.2, 0.25) is 10.0 Å². The molecule has 2 nitrogen and oxygen atoms in total. The number of benzene rings is 2. The van der Waals surface area contributed by atoms with Gasteiger partial charge >= 0.3 is 0 Å². The normalized spacial score (nSPS) is 12.4. The maximum atomic E-state index is 13.5. The molecule has 0 radical (unpaired) electrons. The van der Waals surface area contributed by atoms with Crippen LogP contribution in [0.15, 0.2) is 36.4 Å². The van der Waals surface area contributed by atoms with Crippen molar-refractivity contribution in [3.05, 3.63) is 69.0 Å². The fourth-order valence-corrected chi connectivity index (χ4v) is 2.56. The molecule has 1 unspecified atom stereocenters. The molecule has 0 fully saturated rings. The highest BCUT2D eigenvalue weighted by Gasteiger charge is 2.13. The first-order valence-corrected chi connectivity index (χ1v) is 7.33. The lowest BCUT2D eigenvalue weighted by molar-refractivity contribution is 0.282. The minimum atomic E-state index is -0.475. The van der Waals surface area contributed by atoms with Gasteiger partial charge in [0.25, 0.3) is 0 Å². The first-order chi connectivity index (χ1) is 10.0. The molecule has 112 valence electrons. The number of hydrogen-bond acceptors (Lipinski definition) is 2. The highest BCUT2D eigenvalue weighted by Crippen LogP contribution is 2.28. The minimum absolute atomic E-state index is 0.0237. The molecule has 0 aliphatic heterocycles. The van der Waals surface area contributed by atoms with Gasteiger partial charge in [-0.1, -0.05) is 47.5 Å². The van der Waals surface area contributed by atoms with Crippen molar-refractivity contribution in [2.75, 3.05) is 0 Å². The second-order valence-electron chi connectivity index (χ2n) is 4.87. The Morgan fingerprint density at radius 1 is 1.10 bits per heavy atom. The van der Waals surface area contributed by atoms with Crippen LogP contribution in [0.5, 0.6) is 0 Å². The maximum Gasteiger partial charge on any atom is 0.142 e. The van der Waals surface area contributed by atoms with Crippen molar-refractivity contribution in [2.45, 2.75) is 26.1 Å². The van der Waals surface area contributed by atoms with Gasteiger partial charge in [0.15, 0.2) is 0 Å². The first kappa shape index (κ1) is 16.2. The molecular weight excluding hydrogens is 312 g/mol. The molecule has 1 atom stereocenters. The predicted molar refractivity (Wildman–Crippen MR) is 84.0 cm³/mol. The predicted octanol–water partition coefficient (Wildman–Crippen LogP) is 4.48. The summed E-state index contributed by atoms with van der Waals surface area (Å²) in [6.07, 6.45) is 0. The van der Waals surface area contributed by atoms with E-state index in [4.69, 9.17) is 28.3 Å². The molecule has 21 heavy (non-hydrogen) atoms. The van der Waals surface area contributed by atoms with Crippen molar-refractivity contribution >= 4 is 23.2 Å². The van der Waals surface area contributed by atoms with Crippen molar-refractivity contribution in [1.29, 1.82) is 0 Å². The SMILES string of the molecule is CC(NCc1ccc(CO)cc1)c1cc(F)c(Cl)cc1Cl. The van der Waals surface area contributed by atoms with Gasteiger partial charge in [0, 0.05) is 17.6 Å². The summed E-state index contributed by atoms with van der Waals surface area (Å²) in [5.41, 5.74) is 2.62. The van der Waals surface area contributed by atoms with E-state index in [2.05, 4.69) is 5.32 Å². The number of aliphatic hydroxyl groups is 1. The quantitative estimate of drug-likeness (QED) is 0.794. The van der Waals surface area contributed by atoms with E-state index in [1.807, 2.05) is 31.2 Å². The van der Waals surface area contributed by atoms with Gasteiger partial charge in [0.05, 0.1) is 11.6 Å². The van der Waals surface area contributed by atoms with Gasteiger partial charge in [-0.05, 0) is 35.7 Å². The molecule has 0 aromatic heterocycles. The molecule has 2 rings (SSSR count). The molecule has 0 aliphatic rings. The van der Waals surface area contributed by atoms with E-state index in [0.29, 0.717) is 17.1 Å². The largest absolute Gasteiger partial charge is 0.392 e. The number of rotatable bonds is 5. The Hall–Kier alpha value is -1.13. The van der Waals surface area contributed by atoms with Gasteiger partial charge in [-0.2, -0.15) is 0 Å². The van der Waals surface area contributed by atoms with Crippen molar-refractivity contribution in [3.8, 4) is 0 Å². The summed E-state index contributed by atoms with van der Waals surface area (Å²) in [6.45, 7) is 2.56. The second-order valence-corrected chi connectivity index (χ2v) is 5.68. The third-order valence-electron chi connectivity index (χ3n) is 3.32. The van der Waals surface area contributed by atoms with Crippen LogP contribution < -0.4 is 5.32 Å². The zero-order valence-electron chi connectivity index (χ0n) is 11.5. The van der Waals surface area contributed by atoms with E-state index in [0.717, 1.165) is 11.1 Å². The van der Waals surface area contributed by atoms with Gasteiger partial charge < -0.3 is 10.4 Å². The Morgan fingerprint density at radius 3 is 2.33 bits per heavy atom. The van der Waals surface area contributed by atoms with Gasteiger partial charge in [0.1, 0.15) is 5.82 Å². The number of aliphatic hydroxyl groups excluding tert-OH is 1. The lowest BCUT2D eigenvalue weighted by atomic mass is 10.1. The Balaban J connectivity index is 2.04.